The summed E-state index contributed by atoms with van der Waals surface area (Å²) in [4.78, 5) is 15.9. The van der Waals surface area contributed by atoms with Gasteiger partial charge in [0.25, 0.3) is 5.56 Å². The minimum absolute atomic E-state index is 0.108. The number of nitrogens with one attached hydrogen (secondary N) is 1. The Hall–Kier alpha value is -2.86. The van der Waals surface area contributed by atoms with E-state index in [0.717, 1.165) is 75.0 Å². The van der Waals surface area contributed by atoms with Crippen LogP contribution in [-0.4, -0.2) is 45.4 Å². The maximum atomic E-state index is 13.5. The summed E-state index contributed by atoms with van der Waals surface area (Å²) in [7, 11) is 4.11. The number of nitrogens with zero attached hydrogens (tertiary/aromatic N) is 4. The lowest BCUT2D eigenvalue weighted by Crippen LogP contribution is -2.35. The van der Waals surface area contributed by atoms with E-state index in [2.05, 4.69) is 52.7 Å². The number of anilines is 1. The van der Waals surface area contributed by atoms with Crippen molar-refractivity contribution in [2.24, 2.45) is 13.0 Å². The van der Waals surface area contributed by atoms with Gasteiger partial charge in [-0.15, -0.1) is 0 Å². The summed E-state index contributed by atoms with van der Waals surface area (Å²) in [6, 6.07) is 13.2. The first-order chi connectivity index (χ1) is 16.5. The predicted molar refractivity (Wildman–Crippen MR) is 138 cm³/mol. The first kappa shape index (κ1) is 22.9. The van der Waals surface area contributed by atoms with Crippen molar-refractivity contribution in [1.29, 1.82) is 0 Å². The van der Waals surface area contributed by atoms with Crippen LogP contribution in [0.4, 0.5) is 5.69 Å². The fourth-order valence-electron chi connectivity index (χ4n) is 5.64. The molecule has 6 heteroatoms. The van der Waals surface area contributed by atoms with Crippen molar-refractivity contribution in [2.45, 2.75) is 57.0 Å². The minimum atomic E-state index is 0.108. The van der Waals surface area contributed by atoms with Crippen molar-refractivity contribution < 1.29 is 0 Å². The average molecular weight is 460 g/mol. The number of pyridine rings is 1. The maximum absolute atomic E-state index is 13.5. The second-order valence-corrected chi connectivity index (χ2v) is 10.4. The third-order valence-corrected chi connectivity index (χ3v) is 7.78. The highest BCUT2D eigenvalue weighted by molar-refractivity contribution is 5.65. The molecule has 5 rings (SSSR count). The third-order valence-electron chi connectivity index (χ3n) is 7.78. The summed E-state index contributed by atoms with van der Waals surface area (Å²) in [5.74, 6) is 1.18. The fourth-order valence-corrected chi connectivity index (χ4v) is 5.64. The monoisotopic (exact) mass is 459 g/mol. The number of piperidine rings is 1. The lowest BCUT2D eigenvalue weighted by atomic mass is 9.82. The zero-order valence-corrected chi connectivity index (χ0v) is 20.5. The predicted octanol–water partition coefficient (Wildman–Crippen LogP) is 4.73. The highest BCUT2D eigenvalue weighted by Gasteiger charge is 2.24. The Kier molecular flexibility index (Phi) is 6.86. The molecule has 6 nitrogen and oxygen atoms in total. The lowest BCUT2D eigenvalue weighted by molar-refractivity contribution is 0.204. The molecule has 0 atom stereocenters. The van der Waals surface area contributed by atoms with Gasteiger partial charge < -0.3 is 14.8 Å². The molecule has 0 amide bonds. The van der Waals surface area contributed by atoms with Crippen LogP contribution in [0.25, 0.3) is 11.1 Å². The molecule has 2 aliphatic rings. The summed E-state index contributed by atoms with van der Waals surface area (Å²) >= 11 is 0. The Morgan fingerprint density at radius 3 is 2.35 bits per heavy atom. The zero-order chi connectivity index (χ0) is 23.5. The molecule has 3 heterocycles. The van der Waals surface area contributed by atoms with Gasteiger partial charge in [0.15, 0.2) is 0 Å². The van der Waals surface area contributed by atoms with Gasteiger partial charge in [-0.05, 0) is 82.1 Å². The molecule has 1 saturated carbocycles. The van der Waals surface area contributed by atoms with Crippen LogP contribution in [0.5, 0.6) is 0 Å². The average Bonchev–Trinajstić information content (AvgIpc) is 3.30. The number of hydrogen-bond donors (Lipinski definition) is 1. The first-order valence-electron chi connectivity index (χ1n) is 12.8. The zero-order valence-electron chi connectivity index (χ0n) is 20.5. The molecular weight excluding hydrogens is 422 g/mol. The van der Waals surface area contributed by atoms with Gasteiger partial charge in [0.05, 0.1) is 6.20 Å². The van der Waals surface area contributed by atoms with E-state index in [9.17, 15) is 4.79 Å². The molecule has 1 aromatic carbocycles. The van der Waals surface area contributed by atoms with E-state index >= 15 is 0 Å². The van der Waals surface area contributed by atoms with Crippen molar-refractivity contribution in [3.63, 3.8) is 0 Å². The molecule has 34 heavy (non-hydrogen) atoms. The third kappa shape index (κ3) is 5.27. The van der Waals surface area contributed by atoms with Crippen LogP contribution in [0.1, 0.15) is 50.0 Å². The van der Waals surface area contributed by atoms with Gasteiger partial charge in [-0.2, -0.15) is 5.10 Å². The van der Waals surface area contributed by atoms with Crippen molar-refractivity contribution in [3.05, 3.63) is 70.9 Å². The summed E-state index contributed by atoms with van der Waals surface area (Å²) in [6.07, 6.45) is 12.7. The van der Waals surface area contributed by atoms with E-state index < -0.39 is 0 Å². The molecule has 0 unspecified atom stereocenters. The van der Waals surface area contributed by atoms with Gasteiger partial charge in [-0.3, -0.25) is 9.48 Å². The fraction of sp³-hybridized carbons (Fsp3) is 0.500. The van der Waals surface area contributed by atoms with Gasteiger partial charge in [0.1, 0.15) is 5.69 Å². The molecule has 0 spiro atoms. The van der Waals surface area contributed by atoms with E-state index in [4.69, 9.17) is 0 Å². The molecule has 180 valence electrons. The first-order valence-corrected chi connectivity index (χ1v) is 12.8. The summed E-state index contributed by atoms with van der Waals surface area (Å²) < 4.78 is 3.77. The van der Waals surface area contributed by atoms with Gasteiger partial charge >= 0.3 is 0 Å². The molecule has 0 radical (unpaired) electrons. The molecule has 3 aromatic rings. The lowest BCUT2D eigenvalue weighted by Gasteiger charge is -2.31. The number of hydrogen-bond acceptors (Lipinski definition) is 4. The summed E-state index contributed by atoms with van der Waals surface area (Å²) in [6.45, 7) is 3.01. The number of likely N-dealkylation sites (tertiary alicyclic amines) is 1. The number of rotatable bonds is 6. The van der Waals surface area contributed by atoms with Crippen LogP contribution in [0.2, 0.25) is 0 Å². The van der Waals surface area contributed by atoms with E-state index in [0.29, 0.717) is 17.9 Å². The van der Waals surface area contributed by atoms with E-state index in [1.807, 2.05) is 41.0 Å². The Labute approximate surface area is 202 Å². The normalized spacial score (nSPS) is 22.1. The highest BCUT2D eigenvalue weighted by Crippen LogP contribution is 2.34. The maximum Gasteiger partial charge on any atom is 0.273 e. The van der Waals surface area contributed by atoms with Gasteiger partial charge in [0.2, 0.25) is 0 Å². The van der Waals surface area contributed by atoms with Crippen molar-refractivity contribution in [3.8, 4) is 11.1 Å². The number of aryl methyl sites for hydroxylation is 1. The van der Waals surface area contributed by atoms with E-state index in [1.165, 1.54) is 5.56 Å². The van der Waals surface area contributed by atoms with Crippen LogP contribution < -0.4 is 10.9 Å². The summed E-state index contributed by atoms with van der Waals surface area (Å²) in [5.41, 5.74) is 4.39. The second kappa shape index (κ2) is 10.2. The molecule has 1 N–H and O–H groups in total. The Bertz CT molecular complexity index is 1140. The number of benzene rings is 1. The summed E-state index contributed by atoms with van der Waals surface area (Å²) in [5, 5.41) is 8.01. The van der Waals surface area contributed by atoms with Crippen LogP contribution >= 0.6 is 0 Å². The van der Waals surface area contributed by atoms with Crippen LogP contribution in [0, 0.1) is 5.92 Å². The largest absolute Gasteiger partial charge is 0.378 e. The van der Waals surface area contributed by atoms with E-state index in [-0.39, 0.29) is 5.56 Å². The van der Waals surface area contributed by atoms with Crippen molar-refractivity contribution in [1.82, 2.24) is 19.2 Å². The molecule has 1 saturated heterocycles. The van der Waals surface area contributed by atoms with Gasteiger partial charge in [0, 0.05) is 43.2 Å². The standard InChI is InChI=1S/C28H37N5O/c1-31-14-12-21(13-15-31)18-33-20-24(25-17-29-32(2)19-25)16-27(28(33)34)30-26-10-8-23(9-11-26)22-6-4-3-5-7-22/h3-7,16-17,19-21,23,26,30H,8-15,18H2,1-2H3/t23-,26+. The van der Waals surface area contributed by atoms with Crippen LogP contribution in [0.15, 0.2) is 59.8 Å². The Morgan fingerprint density at radius 2 is 1.68 bits per heavy atom. The van der Waals surface area contributed by atoms with Gasteiger partial charge in [-0.25, -0.2) is 0 Å². The van der Waals surface area contributed by atoms with Crippen molar-refractivity contribution in [2.75, 3.05) is 25.5 Å². The molecule has 2 aromatic heterocycles. The topological polar surface area (TPSA) is 55.1 Å². The smallest absolute Gasteiger partial charge is 0.273 e. The molecule has 0 bridgehead atoms. The highest BCUT2D eigenvalue weighted by atomic mass is 16.1. The SMILES string of the molecule is CN1CCC(Cn2cc(-c3cnn(C)c3)cc(N[C@H]3CC[C@@H](c4ccccc4)CC3)c2=O)CC1. The van der Waals surface area contributed by atoms with Gasteiger partial charge in [-0.1, -0.05) is 30.3 Å². The quantitative estimate of drug-likeness (QED) is 0.579. The van der Waals surface area contributed by atoms with Crippen LogP contribution in [-0.2, 0) is 13.6 Å². The molecule has 1 aliphatic carbocycles. The minimum Gasteiger partial charge on any atom is -0.378 e. The van der Waals surface area contributed by atoms with E-state index in [1.54, 1.807) is 0 Å². The Balaban J connectivity index is 1.35. The molecular formula is C28H37N5O. The Morgan fingerprint density at radius 1 is 0.941 bits per heavy atom. The van der Waals surface area contributed by atoms with Crippen LogP contribution in [0.3, 0.4) is 0 Å². The number of aromatic nitrogens is 3. The van der Waals surface area contributed by atoms with Crippen molar-refractivity contribution >= 4 is 5.69 Å². The second-order valence-electron chi connectivity index (χ2n) is 10.4. The molecule has 2 fully saturated rings. The molecule has 1 aliphatic heterocycles.